The molecule has 0 radical (unpaired) electrons. The van der Waals surface area contributed by atoms with Crippen LogP contribution in [0.4, 0.5) is 0 Å². The van der Waals surface area contributed by atoms with Crippen LogP contribution in [0.2, 0.25) is 5.02 Å². The summed E-state index contributed by atoms with van der Waals surface area (Å²) >= 11 is 9.37. The number of para-hydroxylation sites is 1. The lowest BCUT2D eigenvalue weighted by molar-refractivity contribution is 0.0949. The summed E-state index contributed by atoms with van der Waals surface area (Å²) in [6.07, 6.45) is 0. The average molecular weight is 393 g/mol. The molecule has 116 valence electrons. The number of tetrazole rings is 1. The fourth-order valence-corrected chi connectivity index (χ4v) is 2.58. The molecular formula is C15H11BrClN5O. The zero-order chi connectivity index (χ0) is 16.2. The molecule has 1 amide bonds. The van der Waals surface area contributed by atoms with Crippen LogP contribution in [0.5, 0.6) is 0 Å². The molecule has 23 heavy (non-hydrogen) atoms. The first-order chi connectivity index (χ1) is 11.1. The van der Waals surface area contributed by atoms with Gasteiger partial charge in [-0.2, -0.15) is 4.68 Å². The van der Waals surface area contributed by atoms with Crippen LogP contribution in [-0.4, -0.2) is 26.1 Å². The predicted octanol–water partition coefficient (Wildman–Crippen LogP) is 3.01. The largest absolute Gasteiger partial charge is 0.345 e. The third-order valence-electron chi connectivity index (χ3n) is 3.11. The summed E-state index contributed by atoms with van der Waals surface area (Å²) in [6, 6.07) is 14.5. The topological polar surface area (TPSA) is 72.7 Å². The predicted molar refractivity (Wildman–Crippen MR) is 89.5 cm³/mol. The molecule has 1 aromatic heterocycles. The maximum absolute atomic E-state index is 12.3. The molecule has 0 saturated heterocycles. The van der Waals surface area contributed by atoms with E-state index < -0.39 is 0 Å². The Morgan fingerprint density at radius 3 is 2.78 bits per heavy atom. The van der Waals surface area contributed by atoms with Gasteiger partial charge in [0.05, 0.1) is 22.8 Å². The molecule has 8 heteroatoms. The SMILES string of the molecule is O=C(NCc1nnnn1-c1ccccc1)c1cc(Br)ccc1Cl. The molecule has 0 unspecified atom stereocenters. The first kappa shape index (κ1) is 15.6. The van der Waals surface area contributed by atoms with Crippen LogP contribution < -0.4 is 5.32 Å². The normalized spacial score (nSPS) is 10.5. The third kappa shape index (κ3) is 3.57. The molecule has 0 spiro atoms. The van der Waals surface area contributed by atoms with Crippen molar-refractivity contribution in [3.8, 4) is 5.69 Å². The number of halogens is 2. The van der Waals surface area contributed by atoms with Gasteiger partial charge in [-0.15, -0.1) is 5.10 Å². The molecule has 0 fully saturated rings. The number of nitrogens with one attached hydrogen (secondary N) is 1. The van der Waals surface area contributed by atoms with Crippen LogP contribution in [0, 0.1) is 0 Å². The van der Waals surface area contributed by atoms with Crippen molar-refractivity contribution in [2.24, 2.45) is 0 Å². The maximum atomic E-state index is 12.3. The quantitative estimate of drug-likeness (QED) is 0.741. The fraction of sp³-hybridized carbons (Fsp3) is 0.0667. The molecule has 0 aliphatic carbocycles. The third-order valence-corrected chi connectivity index (χ3v) is 3.94. The van der Waals surface area contributed by atoms with Crippen molar-refractivity contribution < 1.29 is 4.79 Å². The lowest BCUT2D eigenvalue weighted by Crippen LogP contribution is -2.25. The Labute approximate surface area is 145 Å². The smallest absolute Gasteiger partial charge is 0.253 e. The highest BCUT2D eigenvalue weighted by molar-refractivity contribution is 9.10. The summed E-state index contributed by atoms with van der Waals surface area (Å²) in [7, 11) is 0. The van der Waals surface area contributed by atoms with Gasteiger partial charge in [0.25, 0.3) is 5.91 Å². The standard InChI is InChI=1S/C15H11BrClN5O/c16-10-6-7-13(17)12(8-10)15(23)18-9-14-19-20-21-22(14)11-4-2-1-3-5-11/h1-8H,9H2,(H,18,23). The fourth-order valence-electron chi connectivity index (χ4n) is 2.01. The van der Waals surface area contributed by atoms with E-state index in [0.717, 1.165) is 10.2 Å². The number of carbonyl (C=O) groups excluding carboxylic acids is 1. The second kappa shape index (κ2) is 6.89. The van der Waals surface area contributed by atoms with E-state index in [0.29, 0.717) is 16.4 Å². The number of aromatic nitrogens is 4. The van der Waals surface area contributed by atoms with Crippen LogP contribution in [-0.2, 0) is 6.54 Å². The van der Waals surface area contributed by atoms with Crippen LogP contribution in [0.15, 0.2) is 53.0 Å². The number of benzene rings is 2. The number of hydrogen-bond acceptors (Lipinski definition) is 4. The van der Waals surface area contributed by atoms with Gasteiger partial charge in [-0.3, -0.25) is 4.79 Å². The Morgan fingerprint density at radius 2 is 2.00 bits per heavy atom. The van der Waals surface area contributed by atoms with Crippen molar-refractivity contribution >= 4 is 33.4 Å². The second-order valence-corrected chi connectivity index (χ2v) is 5.97. The van der Waals surface area contributed by atoms with Gasteiger partial charge in [-0.1, -0.05) is 45.7 Å². The lowest BCUT2D eigenvalue weighted by Gasteiger charge is -2.08. The van der Waals surface area contributed by atoms with Crippen LogP contribution in [0.3, 0.4) is 0 Å². The molecule has 6 nitrogen and oxygen atoms in total. The summed E-state index contributed by atoms with van der Waals surface area (Å²) in [6.45, 7) is 0.184. The van der Waals surface area contributed by atoms with Crippen molar-refractivity contribution in [3.05, 3.63) is 69.4 Å². The first-order valence-electron chi connectivity index (χ1n) is 6.71. The molecule has 3 aromatic rings. The molecule has 1 N–H and O–H groups in total. The lowest BCUT2D eigenvalue weighted by atomic mass is 10.2. The number of rotatable bonds is 4. The van der Waals surface area contributed by atoms with Crippen molar-refractivity contribution in [1.29, 1.82) is 0 Å². The molecule has 0 aliphatic heterocycles. The highest BCUT2D eigenvalue weighted by Crippen LogP contribution is 2.21. The van der Waals surface area contributed by atoms with Crippen molar-refractivity contribution in [2.75, 3.05) is 0 Å². The molecule has 3 rings (SSSR count). The van der Waals surface area contributed by atoms with Gasteiger partial charge in [0.1, 0.15) is 0 Å². The molecule has 1 heterocycles. The Bertz CT molecular complexity index is 837. The van der Waals surface area contributed by atoms with Crippen LogP contribution >= 0.6 is 27.5 Å². The van der Waals surface area contributed by atoms with Crippen molar-refractivity contribution in [2.45, 2.75) is 6.54 Å². The number of hydrogen-bond donors (Lipinski definition) is 1. The summed E-state index contributed by atoms with van der Waals surface area (Å²) in [5.41, 5.74) is 1.21. The Hall–Kier alpha value is -2.25. The zero-order valence-corrected chi connectivity index (χ0v) is 14.1. The van der Waals surface area contributed by atoms with Gasteiger partial charge >= 0.3 is 0 Å². The minimum atomic E-state index is -0.293. The molecule has 0 atom stereocenters. The molecule has 0 bridgehead atoms. The molecule has 0 saturated carbocycles. The van der Waals surface area contributed by atoms with E-state index in [1.807, 2.05) is 30.3 Å². The number of nitrogens with zero attached hydrogens (tertiary/aromatic N) is 4. The van der Waals surface area contributed by atoms with E-state index in [-0.39, 0.29) is 12.5 Å². The van der Waals surface area contributed by atoms with Crippen LogP contribution in [0.1, 0.15) is 16.2 Å². The minimum absolute atomic E-state index is 0.184. The monoisotopic (exact) mass is 391 g/mol. The van der Waals surface area contributed by atoms with Gasteiger partial charge in [0, 0.05) is 4.47 Å². The van der Waals surface area contributed by atoms with E-state index in [1.54, 1.807) is 22.9 Å². The second-order valence-electron chi connectivity index (χ2n) is 4.65. The zero-order valence-electron chi connectivity index (χ0n) is 11.8. The first-order valence-corrected chi connectivity index (χ1v) is 7.88. The highest BCUT2D eigenvalue weighted by atomic mass is 79.9. The van der Waals surface area contributed by atoms with E-state index in [1.165, 1.54) is 0 Å². The Kier molecular flexibility index (Phi) is 4.68. The minimum Gasteiger partial charge on any atom is -0.345 e. The van der Waals surface area contributed by atoms with E-state index in [4.69, 9.17) is 11.6 Å². The summed E-state index contributed by atoms with van der Waals surface area (Å²) in [4.78, 5) is 12.3. The van der Waals surface area contributed by atoms with Gasteiger partial charge in [-0.05, 0) is 40.8 Å². The Morgan fingerprint density at radius 1 is 1.22 bits per heavy atom. The van der Waals surface area contributed by atoms with E-state index >= 15 is 0 Å². The molecule has 0 aliphatic rings. The van der Waals surface area contributed by atoms with Crippen LogP contribution in [0.25, 0.3) is 5.69 Å². The molecule has 2 aromatic carbocycles. The Balaban J connectivity index is 1.76. The summed E-state index contributed by atoms with van der Waals surface area (Å²) in [5.74, 6) is 0.231. The summed E-state index contributed by atoms with van der Waals surface area (Å²) in [5, 5.41) is 14.7. The summed E-state index contributed by atoms with van der Waals surface area (Å²) < 4.78 is 2.35. The van der Waals surface area contributed by atoms with Gasteiger partial charge in [-0.25, -0.2) is 0 Å². The van der Waals surface area contributed by atoms with Gasteiger partial charge in [0.2, 0.25) is 0 Å². The van der Waals surface area contributed by atoms with E-state index in [9.17, 15) is 4.79 Å². The molecular weight excluding hydrogens is 382 g/mol. The van der Waals surface area contributed by atoms with Crippen molar-refractivity contribution in [3.63, 3.8) is 0 Å². The van der Waals surface area contributed by atoms with Crippen molar-refractivity contribution in [1.82, 2.24) is 25.5 Å². The van der Waals surface area contributed by atoms with E-state index in [2.05, 4.69) is 36.8 Å². The highest BCUT2D eigenvalue weighted by Gasteiger charge is 2.13. The van der Waals surface area contributed by atoms with Gasteiger partial charge < -0.3 is 5.32 Å². The number of carbonyl (C=O) groups is 1. The maximum Gasteiger partial charge on any atom is 0.253 e. The number of amides is 1. The average Bonchev–Trinajstić information content (AvgIpc) is 3.04. The van der Waals surface area contributed by atoms with Gasteiger partial charge in [0.15, 0.2) is 5.82 Å².